The lowest BCUT2D eigenvalue weighted by molar-refractivity contribution is -0.118. The van der Waals surface area contributed by atoms with Crippen LogP contribution in [0.25, 0.3) is 0 Å². The van der Waals surface area contributed by atoms with E-state index < -0.39 is 0 Å². The summed E-state index contributed by atoms with van der Waals surface area (Å²) in [6, 6.07) is 16.9. The second-order valence-electron chi connectivity index (χ2n) is 6.79. The van der Waals surface area contributed by atoms with Gasteiger partial charge in [-0.15, -0.1) is 0 Å². The number of hydrogen-bond acceptors (Lipinski definition) is 5. The summed E-state index contributed by atoms with van der Waals surface area (Å²) >= 11 is 14.0. The summed E-state index contributed by atoms with van der Waals surface area (Å²) < 4.78 is 12.1. The van der Waals surface area contributed by atoms with Gasteiger partial charge >= 0.3 is 0 Å². The van der Waals surface area contributed by atoms with E-state index in [1.165, 1.54) is 6.21 Å². The molecule has 0 aliphatic heterocycles. The first-order valence-electron chi connectivity index (χ1n) is 10.1. The number of halogens is 3. The summed E-state index contributed by atoms with van der Waals surface area (Å²) in [6.45, 7) is 2.01. The molecule has 0 aliphatic carbocycles. The van der Waals surface area contributed by atoms with Crippen LogP contribution in [-0.2, 0) is 4.79 Å². The van der Waals surface area contributed by atoms with Crippen LogP contribution in [0.2, 0.25) is 10.0 Å². The van der Waals surface area contributed by atoms with Gasteiger partial charge in [-0.05, 0) is 83.6 Å². The first kappa shape index (κ1) is 25.8. The molecule has 0 spiro atoms. The standard InChI is InChI=1S/C24H20Cl2IN3O4/c1-2-33-21-12-15(13-28-30-24(32)16-7-9-17(25)10-8-16)11-19(27)23(21)34-14-22(31)29-20-6-4-3-5-18(20)26/h3-13H,2,14H2,1H3,(H,29,31)(H,30,32)/b28-13+. The fourth-order valence-electron chi connectivity index (χ4n) is 2.78. The van der Waals surface area contributed by atoms with Gasteiger partial charge in [-0.1, -0.05) is 35.3 Å². The normalized spacial score (nSPS) is 10.7. The number of nitrogens with one attached hydrogen (secondary N) is 2. The highest BCUT2D eigenvalue weighted by Crippen LogP contribution is 2.34. The average Bonchev–Trinajstić information content (AvgIpc) is 2.80. The number of hydrogen-bond donors (Lipinski definition) is 2. The maximum absolute atomic E-state index is 12.3. The molecule has 0 saturated carbocycles. The number of ether oxygens (including phenoxy) is 2. The van der Waals surface area contributed by atoms with Crippen molar-refractivity contribution in [3.63, 3.8) is 0 Å². The Balaban J connectivity index is 1.66. The zero-order chi connectivity index (χ0) is 24.5. The summed E-state index contributed by atoms with van der Waals surface area (Å²) in [4.78, 5) is 24.5. The molecule has 2 N–H and O–H groups in total. The minimum absolute atomic E-state index is 0.230. The van der Waals surface area contributed by atoms with E-state index >= 15 is 0 Å². The van der Waals surface area contributed by atoms with Crippen molar-refractivity contribution < 1.29 is 19.1 Å². The predicted molar refractivity (Wildman–Crippen MR) is 142 cm³/mol. The Hall–Kier alpha value is -2.82. The van der Waals surface area contributed by atoms with Crippen LogP contribution in [0.15, 0.2) is 65.8 Å². The third-order valence-corrected chi connectivity index (χ3v) is 5.70. The number of anilines is 1. The van der Waals surface area contributed by atoms with E-state index in [9.17, 15) is 9.59 Å². The van der Waals surface area contributed by atoms with Gasteiger partial charge in [0.05, 0.1) is 27.1 Å². The molecular weight excluding hydrogens is 592 g/mol. The molecule has 0 heterocycles. The molecule has 0 fully saturated rings. The van der Waals surface area contributed by atoms with E-state index in [1.807, 2.05) is 6.92 Å². The second-order valence-corrected chi connectivity index (χ2v) is 8.79. The summed E-state index contributed by atoms with van der Waals surface area (Å²) in [7, 11) is 0. The number of para-hydroxylation sites is 1. The Kier molecular flexibility index (Phi) is 9.55. The molecule has 3 rings (SSSR count). The number of amides is 2. The van der Waals surface area contributed by atoms with Crippen molar-refractivity contribution in [2.75, 3.05) is 18.5 Å². The first-order chi connectivity index (χ1) is 16.4. The van der Waals surface area contributed by atoms with Crippen molar-refractivity contribution in [1.29, 1.82) is 0 Å². The molecular formula is C24H20Cl2IN3O4. The van der Waals surface area contributed by atoms with Crippen molar-refractivity contribution in [3.05, 3.63) is 85.4 Å². The van der Waals surface area contributed by atoms with Gasteiger partial charge in [-0.2, -0.15) is 5.10 Å². The third-order valence-electron chi connectivity index (χ3n) is 4.31. The fraction of sp³-hybridized carbons (Fsp3) is 0.125. The quantitative estimate of drug-likeness (QED) is 0.182. The minimum atomic E-state index is -0.364. The van der Waals surface area contributed by atoms with Crippen LogP contribution in [0.1, 0.15) is 22.8 Å². The van der Waals surface area contributed by atoms with Crippen LogP contribution in [0.3, 0.4) is 0 Å². The lowest BCUT2D eigenvalue weighted by Crippen LogP contribution is -2.21. The Labute approximate surface area is 220 Å². The molecule has 0 atom stereocenters. The monoisotopic (exact) mass is 611 g/mol. The third kappa shape index (κ3) is 7.34. The van der Waals surface area contributed by atoms with E-state index in [1.54, 1.807) is 60.7 Å². The summed E-state index contributed by atoms with van der Waals surface area (Å²) in [5.74, 6) is 0.156. The molecule has 3 aromatic rings. The van der Waals surface area contributed by atoms with Crippen LogP contribution in [0, 0.1) is 3.57 Å². The maximum Gasteiger partial charge on any atom is 0.271 e. The van der Waals surface area contributed by atoms with Gasteiger partial charge in [0, 0.05) is 10.6 Å². The largest absolute Gasteiger partial charge is 0.490 e. The van der Waals surface area contributed by atoms with Crippen LogP contribution >= 0.6 is 45.8 Å². The Morgan fingerprint density at radius 1 is 1.06 bits per heavy atom. The Bertz CT molecular complexity index is 1200. The number of nitrogens with zero attached hydrogens (tertiary/aromatic N) is 1. The molecule has 34 heavy (non-hydrogen) atoms. The zero-order valence-corrected chi connectivity index (χ0v) is 21.6. The lowest BCUT2D eigenvalue weighted by Gasteiger charge is -2.15. The molecule has 0 unspecified atom stereocenters. The lowest BCUT2D eigenvalue weighted by atomic mass is 10.2. The molecule has 0 radical (unpaired) electrons. The maximum atomic E-state index is 12.3. The number of carbonyl (C=O) groups excluding carboxylic acids is 2. The number of rotatable bonds is 9. The second kappa shape index (κ2) is 12.6. The van der Waals surface area contributed by atoms with E-state index in [0.717, 1.165) is 0 Å². The Morgan fingerprint density at radius 3 is 2.50 bits per heavy atom. The molecule has 2 amide bonds. The minimum Gasteiger partial charge on any atom is -0.490 e. The summed E-state index contributed by atoms with van der Waals surface area (Å²) in [6.07, 6.45) is 1.49. The molecule has 0 aromatic heterocycles. The summed E-state index contributed by atoms with van der Waals surface area (Å²) in [5, 5.41) is 7.70. The van der Waals surface area contributed by atoms with Gasteiger partial charge in [-0.25, -0.2) is 5.43 Å². The van der Waals surface area contributed by atoms with Crippen molar-refractivity contribution in [2.24, 2.45) is 5.10 Å². The van der Waals surface area contributed by atoms with Gasteiger partial charge in [-0.3, -0.25) is 9.59 Å². The molecule has 0 saturated heterocycles. The van der Waals surface area contributed by atoms with E-state index in [0.29, 0.717) is 48.5 Å². The summed E-state index contributed by atoms with van der Waals surface area (Å²) in [5.41, 5.74) is 4.09. The van der Waals surface area contributed by atoms with Gasteiger partial charge < -0.3 is 14.8 Å². The highest BCUT2D eigenvalue weighted by molar-refractivity contribution is 14.1. The molecule has 0 aliphatic rings. The number of carbonyl (C=O) groups is 2. The topological polar surface area (TPSA) is 89.0 Å². The van der Waals surface area contributed by atoms with E-state index in [2.05, 4.69) is 38.4 Å². The molecule has 0 bridgehead atoms. The van der Waals surface area contributed by atoms with Gasteiger partial charge in [0.25, 0.3) is 11.8 Å². The van der Waals surface area contributed by atoms with Crippen LogP contribution in [0.4, 0.5) is 5.69 Å². The van der Waals surface area contributed by atoms with Gasteiger partial charge in [0.2, 0.25) is 0 Å². The van der Waals surface area contributed by atoms with E-state index in [-0.39, 0.29) is 18.4 Å². The van der Waals surface area contributed by atoms with Crippen LogP contribution in [0.5, 0.6) is 11.5 Å². The molecule has 176 valence electrons. The van der Waals surface area contributed by atoms with Crippen LogP contribution in [-0.4, -0.2) is 31.2 Å². The molecule has 10 heteroatoms. The van der Waals surface area contributed by atoms with Gasteiger partial charge in [0.15, 0.2) is 18.1 Å². The molecule has 7 nitrogen and oxygen atoms in total. The van der Waals surface area contributed by atoms with Crippen molar-refractivity contribution in [2.45, 2.75) is 6.92 Å². The van der Waals surface area contributed by atoms with Crippen molar-refractivity contribution in [3.8, 4) is 11.5 Å². The average molecular weight is 612 g/mol. The number of hydrazone groups is 1. The van der Waals surface area contributed by atoms with E-state index in [4.69, 9.17) is 32.7 Å². The fourth-order valence-corrected chi connectivity index (χ4v) is 3.87. The predicted octanol–water partition coefficient (Wildman–Crippen LogP) is 5.78. The first-order valence-corrected chi connectivity index (χ1v) is 11.9. The van der Waals surface area contributed by atoms with Crippen molar-refractivity contribution in [1.82, 2.24) is 5.43 Å². The van der Waals surface area contributed by atoms with Crippen molar-refractivity contribution >= 4 is 69.5 Å². The van der Waals surface area contributed by atoms with Gasteiger partial charge in [0.1, 0.15) is 0 Å². The SMILES string of the molecule is CCOc1cc(/C=N/NC(=O)c2ccc(Cl)cc2)cc(I)c1OCC(=O)Nc1ccccc1Cl. The number of benzene rings is 3. The molecule has 3 aromatic carbocycles. The zero-order valence-electron chi connectivity index (χ0n) is 18.0. The Morgan fingerprint density at radius 2 is 1.79 bits per heavy atom. The highest BCUT2D eigenvalue weighted by Gasteiger charge is 2.14. The highest BCUT2D eigenvalue weighted by atomic mass is 127. The van der Waals surface area contributed by atoms with Crippen LogP contribution < -0.4 is 20.2 Å². The smallest absolute Gasteiger partial charge is 0.271 e.